The lowest BCUT2D eigenvalue weighted by atomic mass is 10.1. The second-order valence-electron chi connectivity index (χ2n) is 6.90. The van der Waals surface area contributed by atoms with Gasteiger partial charge in [0.25, 0.3) is 11.8 Å². The van der Waals surface area contributed by atoms with Crippen LogP contribution in [-0.4, -0.2) is 22.6 Å². The lowest BCUT2D eigenvalue weighted by Gasteiger charge is -2.03. The van der Waals surface area contributed by atoms with E-state index in [0.717, 1.165) is 21.8 Å². The molecule has 10 heteroatoms. The van der Waals surface area contributed by atoms with E-state index in [0.29, 0.717) is 37.5 Å². The van der Waals surface area contributed by atoms with E-state index in [2.05, 4.69) is 15.8 Å². The molecule has 0 aliphatic carbocycles. The van der Waals surface area contributed by atoms with Crippen LogP contribution in [0.1, 0.15) is 36.7 Å². The van der Waals surface area contributed by atoms with Crippen molar-refractivity contribution < 1.29 is 14.7 Å². The molecular formula is C23H18ClN3O3S3. The molecule has 0 fully saturated rings. The molecule has 0 atom stereocenters. The summed E-state index contributed by atoms with van der Waals surface area (Å²) >= 11 is 9.97. The predicted octanol–water partition coefficient (Wildman–Crippen LogP) is 5.98. The van der Waals surface area contributed by atoms with Gasteiger partial charge in [-0.05, 0) is 48.2 Å². The summed E-state index contributed by atoms with van der Waals surface area (Å²) in [7, 11) is 0. The molecule has 168 valence electrons. The summed E-state index contributed by atoms with van der Waals surface area (Å²) in [6.07, 6.45) is 0. The molecule has 0 spiro atoms. The summed E-state index contributed by atoms with van der Waals surface area (Å²) < 4.78 is 0. The Bertz CT molecular complexity index is 1310. The fourth-order valence-electron chi connectivity index (χ4n) is 2.91. The van der Waals surface area contributed by atoms with Crippen molar-refractivity contribution in [3.8, 4) is 16.2 Å². The Morgan fingerprint density at radius 2 is 1.76 bits per heavy atom. The highest BCUT2D eigenvalue weighted by molar-refractivity contribution is 7.16. The number of rotatable bonds is 7. The van der Waals surface area contributed by atoms with Gasteiger partial charge in [0, 0.05) is 15.3 Å². The average molecular weight is 516 g/mol. The molecular weight excluding hydrogens is 498 g/mol. The topological polar surface area (TPSA) is 90.8 Å². The zero-order valence-corrected chi connectivity index (χ0v) is 20.5. The normalized spacial score (nSPS) is 11.4. The third kappa shape index (κ3) is 5.51. The number of carbonyl (C=O) groups is 2. The first kappa shape index (κ1) is 23.2. The van der Waals surface area contributed by atoms with Gasteiger partial charge in [-0.1, -0.05) is 29.8 Å². The monoisotopic (exact) mass is 515 g/mol. The molecule has 0 aliphatic heterocycles. The van der Waals surface area contributed by atoms with Gasteiger partial charge in [-0.3, -0.25) is 9.59 Å². The maximum Gasteiger partial charge on any atom is 0.281 e. The van der Waals surface area contributed by atoms with Crippen molar-refractivity contribution in [3.63, 3.8) is 0 Å². The fraction of sp³-hybridized carbons (Fsp3) is 0.0870. The summed E-state index contributed by atoms with van der Waals surface area (Å²) in [5, 5.41) is 21.9. The Balaban J connectivity index is 1.39. The summed E-state index contributed by atoms with van der Waals surface area (Å²) in [6.45, 7) is 2.15. The molecule has 0 saturated heterocycles. The molecule has 2 amide bonds. The third-order valence-corrected chi connectivity index (χ3v) is 7.87. The zero-order valence-electron chi connectivity index (χ0n) is 17.3. The highest BCUT2D eigenvalue weighted by atomic mass is 35.5. The quantitative estimate of drug-likeness (QED) is 0.209. The van der Waals surface area contributed by atoms with E-state index in [1.807, 2.05) is 29.6 Å². The fourth-order valence-corrected chi connectivity index (χ4v) is 5.51. The number of aromatic hydroxyl groups is 1. The van der Waals surface area contributed by atoms with Gasteiger partial charge in [-0.15, -0.1) is 34.0 Å². The first-order valence-electron chi connectivity index (χ1n) is 9.74. The van der Waals surface area contributed by atoms with E-state index in [4.69, 9.17) is 11.6 Å². The SMILES string of the molecule is C/C(=N\NC(=O)c1ccc(C(=O)NCc2cccs2)s1)c1csc(-c2ccc(Cl)cc2)c1O. The van der Waals surface area contributed by atoms with Gasteiger partial charge < -0.3 is 10.4 Å². The Labute approximate surface area is 207 Å². The van der Waals surface area contributed by atoms with Crippen LogP contribution in [0.2, 0.25) is 5.02 Å². The smallest absolute Gasteiger partial charge is 0.281 e. The van der Waals surface area contributed by atoms with Crippen molar-refractivity contribution >= 4 is 63.1 Å². The van der Waals surface area contributed by atoms with E-state index >= 15 is 0 Å². The van der Waals surface area contributed by atoms with Crippen LogP contribution in [0.15, 0.2) is 64.4 Å². The highest BCUT2D eigenvalue weighted by Gasteiger charge is 2.16. The molecule has 33 heavy (non-hydrogen) atoms. The first-order valence-corrected chi connectivity index (χ1v) is 12.7. The van der Waals surface area contributed by atoms with E-state index in [9.17, 15) is 14.7 Å². The van der Waals surface area contributed by atoms with Crippen molar-refractivity contribution in [1.82, 2.24) is 10.7 Å². The van der Waals surface area contributed by atoms with Crippen LogP contribution in [0, 0.1) is 0 Å². The molecule has 1 aromatic carbocycles. The molecule has 0 unspecified atom stereocenters. The van der Waals surface area contributed by atoms with E-state index < -0.39 is 5.91 Å². The van der Waals surface area contributed by atoms with E-state index in [1.54, 1.807) is 47.9 Å². The Morgan fingerprint density at radius 3 is 2.45 bits per heavy atom. The lowest BCUT2D eigenvalue weighted by molar-refractivity contribution is 0.0950. The van der Waals surface area contributed by atoms with Gasteiger partial charge >= 0.3 is 0 Å². The van der Waals surface area contributed by atoms with Crippen molar-refractivity contribution in [2.24, 2.45) is 5.10 Å². The third-order valence-electron chi connectivity index (χ3n) is 4.64. The van der Waals surface area contributed by atoms with Gasteiger partial charge in [-0.25, -0.2) is 5.43 Å². The summed E-state index contributed by atoms with van der Waals surface area (Å²) in [5.74, 6) is -0.562. The van der Waals surface area contributed by atoms with Crippen LogP contribution in [0.4, 0.5) is 0 Å². The summed E-state index contributed by atoms with van der Waals surface area (Å²) in [5.41, 5.74) is 4.33. The number of hydrogen-bond donors (Lipinski definition) is 3. The van der Waals surface area contributed by atoms with Crippen LogP contribution in [0.5, 0.6) is 5.75 Å². The number of amides is 2. The number of benzene rings is 1. The molecule has 3 N–H and O–H groups in total. The van der Waals surface area contributed by atoms with Crippen molar-refractivity contribution in [2.75, 3.05) is 0 Å². The maximum atomic E-state index is 12.5. The van der Waals surface area contributed by atoms with Crippen molar-refractivity contribution in [3.05, 3.63) is 84.5 Å². The Kier molecular flexibility index (Phi) is 7.24. The second kappa shape index (κ2) is 10.3. The molecule has 0 saturated carbocycles. The van der Waals surface area contributed by atoms with Gasteiger partial charge in [0.1, 0.15) is 5.75 Å². The number of hydrogen-bond acceptors (Lipinski definition) is 7. The molecule has 0 aliphatic rings. The minimum Gasteiger partial charge on any atom is -0.506 e. The number of nitrogens with zero attached hydrogens (tertiary/aromatic N) is 1. The Hall–Kier alpha value is -2.98. The van der Waals surface area contributed by atoms with Crippen molar-refractivity contribution in [1.29, 1.82) is 0 Å². The van der Waals surface area contributed by atoms with Gasteiger partial charge in [-0.2, -0.15) is 5.10 Å². The molecule has 0 bridgehead atoms. The second-order valence-corrected chi connectivity index (χ2v) is 10.3. The number of thiophene rings is 3. The summed E-state index contributed by atoms with van der Waals surface area (Å²) in [6, 6.07) is 14.3. The van der Waals surface area contributed by atoms with E-state index in [-0.39, 0.29) is 11.7 Å². The van der Waals surface area contributed by atoms with Crippen LogP contribution >= 0.6 is 45.6 Å². The van der Waals surface area contributed by atoms with Crippen LogP contribution < -0.4 is 10.7 Å². The minimum absolute atomic E-state index is 0.0960. The Morgan fingerprint density at radius 1 is 1.03 bits per heavy atom. The van der Waals surface area contributed by atoms with Crippen molar-refractivity contribution in [2.45, 2.75) is 13.5 Å². The lowest BCUT2D eigenvalue weighted by Crippen LogP contribution is -2.21. The first-order chi connectivity index (χ1) is 15.9. The number of nitrogens with one attached hydrogen (secondary N) is 2. The van der Waals surface area contributed by atoms with Gasteiger partial charge in [0.2, 0.25) is 0 Å². The molecule has 3 heterocycles. The van der Waals surface area contributed by atoms with Crippen LogP contribution in [-0.2, 0) is 6.54 Å². The van der Waals surface area contributed by atoms with Crippen LogP contribution in [0.3, 0.4) is 0 Å². The largest absolute Gasteiger partial charge is 0.506 e. The van der Waals surface area contributed by atoms with Crippen LogP contribution in [0.25, 0.3) is 10.4 Å². The number of halogens is 1. The van der Waals surface area contributed by atoms with E-state index in [1.165, 1.54) is 11.3 Å². The standard InChI is InChI=1S/C23H18ClN3O3S3/c1-13(17-12-32-21(20(17)28)14-4-6-15(24)7-5-14)26-27-23(30)19-9-8-18(33-19)22(29)25-11-16-3-2-10-31-16/h2-10,12,28H,11H2,1H3,(H,25,29)(H,27,30)/b26-13+. The predicted molar refractivity (Wildman–Crippen MR) is 136 cm³/mol. The number of carbonyl (C=O) groups excluding carboxylic acids is 2. The highest BCUT2D eigenvalue weighted by Crippen LogP contribution is 2.39. The minimum atomic E-state index is -0.427. The zero-order chi connectivity index (χ0) is 23.4. The maximum absolute atomic E-state index is 12.5. The number of hydrazone groups is 1. The molecule has 0 radical (unpaired) electrons. The summed E-state index contributed by atoms with van der Waals surface area (Å²) in [4.78, 5) is 27.4. The molecule has 6 nitrogen and oxygen atoms in total. The molecule has 4 rings (SSSR count). The van der Waals surface area contributed by atoms with Gasteiger partial charge in [0.05, 0.1) is 32.5 Å². The van der Waals surface area contributed by atoms with Gasteiger partial charge in [0.15, 0.2) is 0 Å². The average Bonchev–Trinajstić information content (AvgIpc) is 3.57. The molecule has 3 aromatic heterocycles. The molecule has 4 aromatic rings.